The Morgan fingerprint density at radius 2 is 2.10 bits per heavy atom. The van der Waals surface area contributed by atoms with Gasteiger partial charge < -0.3 is 10.8 Å². The van der Waals surface area contributed by atoms with Gasteiger partial charge in [-0.05, 0) is 23.5 Å². The summed E-state index contributed by atoms with van der Waals surface area (Å²) in [5.74, 6) is 1.41. The Balaban J connectivity index is 1.80. The summed E-state index contributed by atoms with van der Waals surface area (Å²) in [4.78, 5) is 4.36. The SMILES string of the molecule is CCc1nsc(SCC(O)C(N)Cc2ccccc2)n1. The van der Waals surface area contributed by atoms with Gasteiger partial charge in [0, 0.05) is 18.2 Å². The number of hydrogen-bond donors (Lipinski definition) is 2. The quantitative estimate of drug-likeness (QED) is 0.767. The largest absolute Gasteiger partial charge is 0.391 e. The molecular formula is C14H19N3OS2. The number of thioether (sulfide) groups is 1. The Morgan fingerprint density at radius 3 is 2.75 bits per heavy atom. The fourth-order valence-electron chi connectivity index (χ4n) is 1.74. The molecule has 1 heterocycles. The van der Waals surface area contributed by atoms with Gasteiger partial charge in [-0.2, -0.15) is 4.37 Å². The molecule has 0 amide bonds. The lowest BCUT2D eigenvalue weighted by molar-refractivity contribution is 0.167. The van der Waals surface area contributed by atoms with Crippen molar-refractivity contribution in [2.75, 3.05) is 5.75 Å². The first kappa shape index (κ1) is 15.4. The minimum atomic E-state index is -0.547. The number of nitrogens with zero attached hydrogens (tertiary/aromatic N) is 2. The summed E-state index contributed by atoms with van der Waals surface area (Å²) in [5.41, 5.74) is 7.20. The van der Waals surface area contributed by atoms with Gasteiger partial charge in [-0.1, -0.05) is 49.0 Å². The van der Waals surface area contributed by atoms with E-state index < -0.39 is 6.10 Å². The average molecular weight is 309 g/mol. The number of nitrogens with two attached hydrogens (primary N) is 1. The number of benzene rings is 1. The molecule has 0 saturated heterocycles. The Bertz CT molecular complexity index is 518. The van der Waals surface area contributed by atoms with Gasteiger partial charge in [0.15, 0.2) is 4.34 Å². The lowest BCUT2D eigenvalue weighted by Gasteiger charge is -2.17. The number of aromatic nitrogens is 2. The summed E-state index contributed by atoms with van der Waals surface area (Å²) in [6, 6.07) is 9.73. The second-order valence-corrected chi connectivity index (χ2v) is 6.58. The third-order valence-corrected chi connectivity index (χ3v) is 4.92. The van der Waals surface area contributed by atoms with Crippen LogP contribution in [0.5, 0.6) is 0 Å². The van der Waals surface area contributed by atoms with Gasteiger partial charge in [-0.15, -0.1) is 0 Å². The molecule has 2 atom stereocenters. The van der Waals surface area contributed by atoms with Crippen LogP contribution in [0, 0.1) is 0 Å². The molecule has 0 aliphatic heterocycles. The van der Waals surface area contributed by atoms with Gasteiger partial charge in [0.05, 0.1) is 6.10 Å². The summed E-state index contributed by atoms with van der Waals surface area (Å²) in [5, 5.41) is 10.1. The van der Waals surface area contributed by atoms with Crippen molar-refractivity contribution in [3.05, 3.63) is 41.7 Å². The molecule has 1 aromatic carbocycles. The van der Waals surface area contributed by atoms with Crippen molar-refractivity contribution in [1.29, 1.82) is 0 Å². The van der Waals surface area contributed by atoms with E-state index in [9.17, 15) is 5.11 Å². The zero-order valence-electron chi connectivity index (χ0n) is 11.4. The molecule has 0 spiro atoms. The van der Waals surface area contributed by atoms with Gasteiger partial charge in [-0.3, -0.25) is 0 Å². The molecule has 1 aromatic heterocycles. The lowest BCUT2D eigenvalue weighted by atomic mass is 10.0. The molecule has 0 radical (unpaired) electrons. The van der Waals surface area contributed by atoms with Crippen LogP contribution < -0.4 is 5.73 Å². The van der Waals surface area contributed by atoms with Crippen LogP contribution in [-0.4, -0.2) is 32.4 Å². The highest BCUT2D eigenvalue weighted by Gasteiger charge is 2.16. The summed E-state index contributed by atoms with van der Waals surface area (Å²) in [6.07, 6.45) is 0.973. The second-order valence-electron chi connectivity index (χ2n) is 4.56. The minimum Gasteiger partial charge on any atom is -0.391 e. The molecule has 108 valence electrons. The van der Waals surface area contributed by atoms with Crippen molar-refractivity contribution in [3.8, 4) is 0 Å². The molecule has 0 aliphatic carbocycles. The Labute approximate surface area is 127 Å². The van der Waals surface area contributed by atoms with E-state index in [0.717, 1.165) is 22.1 Å². The van der Waals surface area contributed by atoms with E-state index >= 15 is 0 Å². The average Bonchev–Trinajstić information content (AvgIpc) is 2.93. The molecule has 2 aromatic rings. The van der Waals surface area contributed by atoms with Crippen molar-refractivity contribution in [2.24, 2.45) is 5.73 Å². The molecule has 0 saturated carbocycles. The fraction of sp³-hybridized carbons (Fsp3) is 0.429. The van der Waals surface area contributed by atoms with Crippen LogP contribution in [-0.2, 0) is 12.8 Å². The van der Waals surface area contributed by atoms with Crippen molar-refractivity contribution in [3.63, 3.8) is 0 Å². The molecule has 6 heteroatoms. The predicted octanol–water partition coefficient (Wildman–Crippen LogP) is 2.12. The molecule has 2 rings (SSSR count). The summed E-state index contributed by atoms with van der Waals surface area (Å²) in [6.45, 7) is 2.03. The predicted molar refractivity (Wildman–Crippen MR) is 84.1 cm³/mol. The van der Waals surface area contributed by atoms with Crippen LogP contribution in [0.25, 0.3) is 0 Å². The van der Waals surface area contributed by atoms with Crippen LogP contribution in [0.15, 0.2) is 34.7 Å². The highest BCUT2D eigenvalue weighted by molar-refractivity contribution is 8.00. The number of rotatable bonds is 7. The van der Waals surface area contributed by atoms with Crippen LogP contribution >= 0.6 is 23.3 Å². The van der Waals surface area contributed by atoms with E-state index in [-0.39, 0.29) is 6.04 Å². The van der Waals surface area contributed by atoms with Gasteiger partial charge in [0.2, 0.25) is 0 Å². The second kappa shape index (κ2) is 7.73. The maximum atomic E-state index is 10.1. The molecule has 0 bridgehead atoms. The number of hydrogen-bond acceptors (Lipinski definition) is 6. The van der Waals surface area contributed by atoms with E-state index in [4.69, 9.17) is 5.73 Å². The van der Waals surface area contributed by atoms with Crippen LogP contribution in [0.1, 0.15) is 18.3 Å². The normalized spacial score (nSPS) is 14.2. The van der Waals surface area contributed by atoms with E-state index in [2.05, 4.69) is 9.36 Å². The smallest absolute Gasteiger partial charge is 0.170 e. The monoisotopic (exact) mass is 309 g/mol. The fourth-order valence-corrected chi connectivity index (χ4v) is 3.50. The maximum absolute atomic E-state index is 10.1. The van der Waals surface area contributed by atoms with E-state index in [0.29, 0.717) is 12.2 Å². The first-order chi connectivity index (χ1) is 9.69. The molecule has 20 heavy (non-hydrogen) atoms. The Hall–Kier alpha value is -0.950. The van der Waals surface area contributed by atoms with Crippen LogP contribution in [0.3, 0.4) is 0 Å². The third kappa shape index (κ3) is 4.56. The van der Waals surface area contributed by atoms with E-state index in [1.165, 1.54) is 23.3 Å². The third-order valence-electron chi connectivity index (χ3n) is 2.95. The first-order valence-electron chi connectivity index (χ1n) is 6.62. The summed E-state index contributed by atoms with van der Waals surface area (Å²) in [7, 11) is 0. The maximum Gasteiger partial charge on any atom is 0.170 e. The topological polar surface area (TPSA) is 72.0 Å². The lowest BCUT2D eigenvalue weighted by Crippen LogP contribution is -2.38. The Kier molecular flexibility index (Phi) is 5.97. The van der Waals surface area contributed by atoms with E-state index in [1.54, 1.807) is 0 Å². The van der Waals surface area contributed by atoms with Crippen LogP contribution in [0.2, 0.25) is 0 Å². The Morgan fingerprint density at radius 1 is 1.35 bits per heavy atom. The molecule has 4 nitrogen and oxygen atoms in total. The zero-order valence-corrected chi connectivity index (χ0v) is 13.0. The number of aliphatic hydroxyl groups is 1. The first-order valence-corrected chi connectivity index (χ1v) is 8.38. The van der Waals surface area contributed by atoms with Crippen molar-refractivity contribution >= 4 is 23.3 Å². The van der Waals surface area contributed by atoms with E-state index in [1.807, 2.05) is 37.3 Å². The molecule has 0 aliphatic rings. The van der Waals surface area contributed by atoms with Gasteiger partial charge in [-0.25, -0.2) is 4.98 Å². The molecular weight excluding hydrogens is 290 g/mol. The van der Waals surface area contributed by atoms with Gasteiger partial charge in [0.25, 0.3) is 0 Å². The zero-order chi connectivity index (χ0) is 14.4. The summed E-state index contributed by atoms with van der Waals surface area (Å²) < 4.78 is 5.12. The number of aryl methyl sites for hydroxylation is 1. The highest BCUT2D eigenvalue weighted by atomic mass is 32.2. The molecule has 3 N–H and O–H groups in total. The molecule has 2 unspecified atom stereocenters. The van der Waals surface area contributed by atoms with Crippen molar-refractivity contribution in [2.45, 2.75) is 36.3 Å². The highest BCUT2D eigenvalue weighted by Crippen LogP contribution is 2.22. The van der Waals surface area contributed by atoms with Crippen LogP contribution in [0.4, 0.5) is 0 Å². The number of aliphatic hydroxyl groups excluding tert-OH is 1. The molecule has 0 fully saturated rings. The van der Waals surface area contributed by atoms with Crippen molar-refractivity contribution in [1.82, 2.24) is 9.36 Å². The minimum absolute atomic E-state index is 0.261. The van der Waals surface area contributed by atoms with Gasteiger partial charge >= 0.3 is 0 Å². The van der Waals surface area contributed by atoms with Gasteiger partial charge in [0.1, 0.15) is 5.82 Å². The summed E-state index contributed by atoms with van der Waals surface area (Å²) >= 11 is 2.90. The standard InChI is InChI=1S/C14H19N3OS2/c1-2-13-16-14(20-17-13)19-9-12(18)11(15)8-10-6-4-3-5-7-10/h3-7,11-12,18H,2,8-9,15H2,1H3. The van der Waals surface area contributed by atoms with Crippen molar-refractivity contribution < 1.29 is 5.11 Å².